The number of amides is 2. The van der Waals surface area contributed by atoms with Crippen molar-refractivity contribution in [1.29, 1.82) is 0 Å². The Morgan fingerprint density at radius 1 is 0.879 bits per heavy atom. The average molecular weight is 438 g/mol. The number of benzene rings is 3. The summed E-state index contributed by atoms with van der Waals surface area (Å²) in [5.41, 5.74) is 10.8. The van der Waals surface area contributed by atoms with E-state index in [0.29, 0.717) is 35.9 Å². The summed E-state index contributed by atoms with van der Waals surface area (Å²) in [6.07, 6.45) is 0.416. The van der Waals surface area contributed by atoms with E-state index in [-0.39, 0.29) is 5.91 Å². The zero-order valence-electron chi connectivity index (χ0n) is 18.1. The molecule has 5 rings (SSSR count). The molecule has 2 heterocycles. The fraction of sp³-hybridized carbons (Fsp3) is 0.154. The van der Waals surface area contributed by atoms with E-state index in [1.807, 2.05) is 55.5 Å². The molecule has 7 heteroatoms. The summed E-state index contributed by atoms with van der Waals surface area (Å²) in [5.74, 6) is 0.0441. The topological polar surface area (TPSA) is 102 Å². The predicted octanol–water partition coefficient (Wildman–Crippen LogP) is 3.76. The van der Waals surface area contributed by atoms with Gasteiger partial charge >= 0.3 is 0 Å². The largest absolute Gasteiger partial charge is 0.416 e. The first-order chi connectivity index (χ1) is 16.0. The lowest BCUT2D eigenvalue weighted by molar-refractivity contribution is -0.122. The molecule has 0 bridgehead atoms. The van der Waals surface area contributed by atoms with Crippen molar-refractivity contribution in [1.82, 2.24) is 15.1 Å². The first kappa shape index (κ1) is 20.6. The lowest BCUT2D eigenvalue weighted by Crippen LogP contribution is -2.51. The molecule has 0 saturated heterocycles. The van der Waals surface area contributed by atoms with E-state index in [1.54, 1.807) is 29.2 Å². The number of aromatic nitrogens is 2. The van der Waals surface area contributed by atoms with Gasteiger partial charge in [0.1, 0.15) is 6.04 Å². The van der Waals surface area contributed by atoms with Crippen LogP contribution in [0.2, 0.25) is 0 Å². The van der Waals surface area contributed by atoms with Gasteiger partial charge in [0.2, 0.25) is 17.7 Å². The molecular formula is C26H22N4O3. The summed E-state index contributed by atoms with van der Waals surface area (Å²) in [7, 11) is 0. The predicted molar refractivity (Wildman–Crippen MR) is 123 cm³/mol. The van der Waals surface area contributed by atoms with Gasteiger partial charge < -0.3 is 15.1 Å². The Labute approximate surface area is 190 Å². The van der Waals surface area contributed by atoms with E-state index in [0.717, 1.165) is 22.3 Å². The third-order valence-electron chi connectivity index (χ3n) is 5.94. The summed E-state index contributed by atoms with van der Waals surface area (Å²) >= 11 is 0. The second-order valence-corrected chi connectivity index (χ2v) is 8.18. The van der Waals surface area contributed by atoms with E-state index < -0.39 is 11.9 Å². The fourth-order valence-corrected chi connectivity index (χ4v) is 4.06. The Kier molecular flexibility index (Phi) is 5.22. The van der Waals surface area contributed by atoms with Crippen LogP contribution in [0, 0.1) is 6.92 Å². The van der Waals surface area contributed by atoms with Crippen molar-refractivity contribution in [2.45, 2.75) is 25.9 Å². The molecule has 0 fully saturated rings. The molecule has 33 heavy (non-hydrogen) atoms. The van der Waals surface area contributed by atoms with Crippen molar-refractivity contribution in [2.75, 3.05) is 0 Å². The molecule has 1 atom stereocenters. The number of fused-ring (bicyclic) bond motifs is 1. The lowest BCUT2D eigenvalue weighted by atomic mass is 9.93. The maximum absolute atomic E-state index is 13.3. The molecule has 4 aromatic rings. The highest BCUT2D eigenvalue weighted by Gasteiger charge is 2.33. The van der Waals surface area contributed by atoms with E-state index in [4.69, 9.17) is 10.2 Å². The highest BCUT2D eigenvalue weighted by Crippen LogP contribution is 2.27. The zero-order chi connectivity index (χ0) is 22.9. The number of carbonyl (C=O) groups is 2. The second kappa shape index (κ2) is 8.35. The SMILES string of the molecule is Cc1ccc(-c2nnc(-c3ccc(C(=O)N4Cc5ccccc5CC4C(N)=O)cc3)o2)cc1. The summed E-state index contributed by atoms with van der Waals surface area (Å²) in [4.78, 5) is 26.9. The minimum atomic E-state index is -0.680. The molecule has 1 unspecified atom stereocenters. The number of hydrogen-bond donors (Lipinski definition) is 1. The van der Waals surface area contributed by atoms with E-state index in [1.165, 1.54) is 0 Å². The van der Waals surface area contributed by atoms with E-state index in [2.05, 4.69) is 10.2 Å². The van der Waals surface area contributed by atoms with Crippen molar-refractivity contribution >= 4 is 11.8 Å². The third-order valence-corrected chi connectivity index (χ3v) is 5.94. The molecule has 0 spiro atoms. The maximum atomic E-state index is 13.3. The highest BCUT2D eigenvalue weighted by atomic mass is 16.4. The summed E-state index contributed by atoms with van der Waals surface area (Å²) in [5, 5.41) is 8.27. The minimum absolute atomic E-state index is 0.245. The fourth-order valence-electron chi connectivity index (χ4n) is 4.06. The quantitative estimate of drug-likeness (QED) is 0.523. The first-order valence-electron chi connectivity index (χ1n) is 10.7. The number of aryl methyl sites for hydroxylation is 1. The second-order valence-electron chi connectivity index (χ2n) is 8.18. The number of primary amides is 1. The van der Waals surface area contributed by atoms with Gasteiger partial charge in [-0.05, 0) is 54.4 Å². The van der Waals surface area contributed by atoms with Crippen LogP contribution >= 0.6 is 0 Å². The van der Waals surface area contributed by atoms with Crippen LogP contribution in [0.5, 0.6) is 0 Å². The molecule has 7 nitrogen and oxygen atoms in total. The van der Waals surface area contributed by atoms with Crippen molar-refractivity contribution < 1.29 is 14.0 Å². The third kappa shape index (κ3) is 4.01. The maximum Gasteiger partial charge on any atom is 0.254 e. The molecule has 2 amide bonds. The average Bonchev–Trinajstić information content (AvgIpc) is 3.33. The highest BCUT2D eigenvalue weighted by molar-refractivity contribution is 5.98. The Balaban J connectivity index is 1.38. The summed E-state index contributed by atoms with van der Waals surface area (Å²) in [6, 6.07) is 21.9. The van der Waals surface area contributed by atoms with Crippen LogP contribution in [-0.4, -0.2) is 33.0 Å². The van der Waals surface area contributed by atoms with Gasteiger partial charge in [-0.15, -0.1) is 10.2 Å². The molecule has 164 valence electrons. The molecule has 2 N–H and O–H groups in total. The normalized spacial score (nSPS) is 15.2. The number of hydrogen-bond acceptors (Lipinski definition) is 5. The summed E-state index contributed by atoms with van der Waals surface area (Å²) in [6.45, 7) is 2.36. The van der Waals surface area contributed by atoms with Crippen LogP contribution in [0.1, 0.15) is 27.0 Å². The van der Waals surface area contributed by atoms with Crippen LogP contribution in [0.4, 0.5) is 0 Å². The number of rotatable bonds is 4. The molecule has 1 aliphatic heterocycles. The van der Waals surface area contributed by atoms with Gasteiger partial charge in [-0.1, -0.05) is 42.0 Å². The van der Waals surface area contributed by atoms with Crippen molar-refractivity contribution in [3.8, 4) is 22.9 Å². The van der Waals surface area contributed by atoms with Crippen LogP contribution in [-0.2, 0) is 17.8 Å². The molecule has 0 radical (unpaired) electrons. The van der Waals surface area contributed by atoms with Gasteiger partial charge in [-0.2, -0.15) is 0 Å². The minimum Gasteiger partial charge on any atom is -0.416 e. The number of carbonyl (C=O) groups excluding carboxylic acids is 2. The first-order valence-corrected chi connectivity index (χ1v) is 10.7. The van der Waals surface area contributed by atoms with Crippen molar-refractivity contribution in [2.24, 2.45) is 5.73 Å². The van der Waals surface area contributed by atoms with Crippen LogP contribution in [0.25, 0.3) is 22.9 Å². The lowest BCUT2D eigenvalue weighted by Gasteiger charge is -2.35. The Morgan fingerprint density at radius 3 is 2.06 bits per heavy atom. The molecular weight excluding hydrogens is 416 g/mol. The van der Waals surface area contributed by atoms with Gasteiger partial charge in [0.05, 0.1) is 0 Å². The Morgan fingerprint density at radius 2 is 1.45 bits per heavy atom. The summed E-state index contributed by atoms with van der Waals surface area (Å²) < 4.78 is 5.82. The molecule has 1 aromatic heterocycles. The van der Waals surface area contributed by atoms with Crippen molar-refractivity contribution in [3.63, 3.8) is 0 Å². The smallest absolute Gasteiger partial charge is 0.254 e. The number of nitrogens with two attached hydrogens (primary N) is 1. The standard InChI is InChI=1S/C26H22N4O3/c1-16-6-8-17(9-7-16)24-28-29-25(33-24)18-10-12-19(13-11-18)26(32)30-15-21-5-3-2-4-20(21)14-22(30)23(27)31/h2-13,22H,14-15H2,1H3,(H2,27,31). The van der Waals surface area contributed by atoms with Gasteiger partial charge in [0.15, 0.2) is 0 Å². The van der Waals surface area contributed by atoms with Gasteiger partial charge in [-0.25, -0.2) is 0 Å². The Hall–Kier alpha value is -4.26. The van der Waals surface area contributed by atoms with E-state index >= 15 is 0 Å². The van der Waals surface area contributed by atoms with Crippen LogP contribution in [0.3, 0.4) is 0 Å². The van der Waals surface area contributed by atoms with Gasteiger partial charge in [-0.3, -0.25) is 9.59 Å². The van der Waals surface area contributed by atoms with Gasteiger partial charge in [0.25, 0.3) is 5.91 Å². The molecule has 0 saturated carbocycles. The molecule has 1 aliphatic rings. The molecule has 3 aromatic carbocycles. The van der Waals surface area contributed by atoms with Crippen molar-refractivity contribution in [3.05, 3.63) is 95.1 Å². The number of nitrogens with zero attached hydrogens (tertiary/aromatic N) is 3. The monoisotopic (exact) mass is 438 g/mol. The van der Waals surface area contributed by atoms with Crippen LogP contribution in [0.15, 0.2) is 77.2 Å². The van der Waals surface area contributed by atoms with E-state index in [9.17, 15) is 9.59 Å². The van der Waals surface area contributed by atoms with Gasteiger partial charge in [0, 0.05) is 29.7 Å². The Bertz CT molecular complexity index is 1330. The molecule has 0 aliphatic carbocycles. The van der Waals surface area contributed by atoms with Crippen LogP contribution < -0.4 is 5.73 Å². The zero-order valence-corrected chi connectivity index (χ0v) is 18.1.